The van der Waals surface area contributed by atoms with Gasteiger partial charge in [0.25, 0.3) is 0 Å². The molecule has 0 aliphatic heterocycles. The highest BCUT2D eigenvalue weighted by molar-refractivity contribution is 7.46. The summed E-state index contributed by atoms with van der Waals surface area (Å²) >= 11 is 0. The minimum atomic E-state index is -4.78. The third kappa shape index (κ3) is 38.8. The number of phosphoric acid groups is 1. The monoisotopic (exact) mass is 738 g/mol. The standard InChI is InChI=1S/C41H71O9P/c1-3-5-6-7-8-9-10-11-12-15-18-21-24-27-30-34-40(43)48-36-39(37-49-51(45,46)47)50-41(44)35-31-28-25-22-19-16-13-14-17-20-23-26-29-33-38(42)32-4-2/h9-10,13,16-17,20,22,25-26,29,38-39,42H,3-8,11-12,14-15,18-19,21,23-24,27-28,30-37H2,1-2H3,(H2,45,46,47)/b10-9-,16-13-,20-17-,25-22-,29-26-/t38?,39-/m1/s1. The van der Waals surface area contributed by atoms with Crippen LogP contribution in [0.25, 0.3) is 0 Å². The molecule has 0 heterocycles. The molecule has 0 aromatic rings. The smallest absolute Gasteiger partial charge is 0.462 e. The second-order valence-corrected chi connectivity index (χ2v) is 14.3. The Hall–Kier alpha value is -2.29. The fourth-order valence-corrected chi connectivity index (χ4v) is 5.50. The number of aliphatic hydroxyl groups excluding tert-OH is 1. The molecule has 3 N–H and O–H groups in total. The van der Waals surface area contributed by atoms with E-state index in [1.807, 2.05) is 18.2 Å². The lowest BCUT2D eigenvalue weighted by Gasteiger charge is -2.18. The Morgan fingerprint density at radius 1 is 0.588 bits per heavy atom. The molecule has 294 valence electrons. The minimum absolute atomic E-state index is 0.118. The lowest BCUT2D eigenvalue weighted by atomic mass is 10.1. The Kier molecular flexibility index (Phi) is 34.5. The molecular weight excluding hydrogens is 667 g/mol. The van der Waals surface area contributed by atoms with E-state index in [9.17, 15) is 19.3 Å². The normalized spacial score (nSPS) is 13.7. The van der Waals surface area contributed by atoms with Gasteiger partial charge in [-0.15, -0.1) is 0 Å². The second-order valence-electron chi connectivity index (χ2n) is 13.1. The Labute approximate surface area is 309 Å². The summed E-state index contributed by atoms with van der Waals surface area (Å²) in [6, 6.07) is 0. The molecule has 0 aliphatic rings. The van der Waals surface area contributed by atoms with Crippen LogP contribution >= 0.6 is 7.82 Å². The Balaban J connectivity index is 4.09. The van der Waals surface area contributed by atoms with Crippen molar-refractivity contribution in [3.8, 4) is 0 Å². The Bertz CT molecular complexity index is 1030. The molecule has 0 fully saturated rings. The van der Waals surface area contributed by atoms with Gasteiger partial charge < -0.3 is 24.4 Å². The molecule has 0 aliphatic carbocycles. The fourth-order valence-electron chi connectivity index (χ4n) is 5.14. The van der Waals surface area contributed by atoms with E-state index in [1.165, 1.54) is 51.4 Å². The van der Waals surface area contributed by atoms with E-state index in [-0.39, 0.29) is 25.6 Å². The number of aliphatic hydroxyl groups is 1. The van der Waals surface area contributed by atoms with Crippen LogP contribution in [0.2, 0.25) is 0 Å². The van der Waals surface area contributed by atoms with E-state index in [0.29, 0.717) is 25.7 Å². The van der Waals surface area contributed by atoms with Crippen molar-refractivity contribution in [2.75, 3.05) is 13.2 Å². The van der Waals surface area contributed by atoms with Crippen LogP contribution < -0.4 is 0 Å². The van der Waals surface area contributed by atoms with Gasteiger partial charge in [-0.25, -0.2) is 4.57 Å². The van der Waals surface area contributed by atoms with Gasteiger partial charge in [0.05, 0.1) is 12.7 Å². The summed E-state index contributed by atoms with van der Waals surface area (Å²) in [5, 5.41) is 9.70. The van der Waals surface area contributed by atoms with Crippen LogP contribution in [0.15, 0.2) is 60.8 Å². The van der Waals surface area contributed by atoms with Crippen molar-refractivity contribution in [3.05, 3.63) is 60.8 Å². The van der Waals surface area contributed by atoms with E-state index in [0.717, 1.165) is 57.8 Å². The molecule has 10 heteroatoms. The lowest BCUT2D eigenvalue weighted by Crippen LogP contribution is -2.29. The third-order valence-electron chi connectivity index (χ3n) is 8.06. The number of carbonyl (C=O) groups is 2. The summed E-state index contributed by atoms with van der Waals surface area (Å²) in [5.41, 5.74) is 0. The van der Waals surface area contributed by atoms with Crippen LogP contribution in [0.5, 0.6) is 0 Å². The average Bonchev–Trinajstić information content (AvgIpc) is 3.09. The fraction of sp³-hybridized carbons (Fsp3) is 0.707. The first-order chi connectivity index (χ1) is 24.7. The van der Waals surface area contributed by atoms with Crippen LogP contribution in [0.4, 0.5) is 0 Å². The molecule has 0 spiro atoms. The van der Waals surface area contributed by atoms with Gasteiger partial charge in [0.1, 0.15) is 6.61 Å². The van der Waals surface area contributed by atoms with Gasteiger partial charge in [0.2, 0.25) is 0 Å². The van der Waals surface area contributed by atoms with E-state index < -0.39 is 32.5 Å². The number of phosphoric ester groups is 1. The topological polar surface area (TPSA) is 140 Å². The third-order valence-corrected chi connectivity index (χ3v) is 8.55. The quantitative estimate of drug-likeness (QED) is 0.0251. The number of allylic oxidation sites excluding steroid dienone is 9. The first-order valence-corrected chi connectivity index (χ1v) is 21.2. The van der Waals surface area contributed by atoms with Gasteiger partial charge in [-0.05, 0) is 77.0 Å². The molecule has 1 unspecified atom stereocenters. The highest BCUT2D eigenvalue weighted by atomic mass is 31.2. The van der Waals surface area contributed by atoms with E-state index >= 15 is 0 Å². The number of carbonyl (C=O) groups excluding carboxylic acids is 2. The highest BCUT2D eigenvalue weighted by Crippen LogP contribution is 2.36. The van der Waals surface area contributed by atoms with Crippen molar-refractivity contribution in [2.24, 2.45) is 0 Å². The van der Waals surface area contributed by atoms with Gasteiger partial charge in [-0.1, -0.05) is 132 Å². The SMILES string of the molecule is CCCCCC/C=C\CCCCCCCCCC(=O)OC[C@H](COP(=O)(O)O)OC(=O)CCC/C=C\C/C=C\C/C=C\C/C=C\CC(O)CCC. The number of rotatable bonds is 35. The number of hydrogen-bond donors (Lipinski definition) is 3. The van der Waals surface area contributed by atoms with E-state index in [4.69, 9.17) is 19.3 Å². The summed E-state index contributed by atoms with van der Waals surface area (Å²) in [6.45, 7) is 3.41. The zero-order valence-corrected chi connectivity index (χ0v) is 32.7. The van der Waals surface area contributed by atoms with Gasteiger partial charge in [-0.3, -0.25) is 14.1 Å². The largest absolute Gasteiger partial charge is 0.469 e. The van der Waals surface area contributed by atoms with Gasteiger partial charge in [-0.2, -0.15) is 0 Å². The summed E-state index contributed by atoms with van der Waals surface area (Å²) in [5.74, 6) is -0.980. The Morgan fingerprint density at radius 2 is 1.08 bits per heavy atom. The summed E-state index contributed by atoms with van der Waals surface area (Å²) < 4.78 is 26.3. The molecule has 0 aromatic carbocycles. The maximum Gasteiger partial charge on any atom is 0.469 e. The first kappa shape index (κ1) is 48.7. The maximum atomic E-state index is 12.4. The zero-order chi connectivity index (χ0) is 37.7. The molecule has 0 rings (SSSR count). The molecule has 51 heavy (non-hydrogen) atoms. The minimum Gasteiger partial charge on any atom is -0.462 e. The summed E-state index contributed by atoms with van der Waals surface area (Å²) in [4.78, 5) is 42.7. The van der Waals surface area contributed by atoms with Crippen molar-refractivity contribution in [1.82, 2.24) is 0 Å². The highest BCUT2D eigenvalue weighted by Gasteiger charge is 2.22. The van der Waals surface area contributed by atoms with Crippen LogP contribution in [0.1, 0.15) is 162 Å². The van der Waals surface area contributed by atoms with Crippen molar-refractivity contribution in [3.63, 3.8) is 0 Å². The van der Waals surface area contributed by atoms with Crippen LogP contribution in [0.3, 0.4) is 0 Å². The predicted molar refractivity (Wildman–Crippen MR) is 208 cm³/mol. The lowest BCUT2D eigenvalue weighted by molar-refractivity contribution is -0.161. The van der Waals surface area contributed by atoms with Crippen LogP contribution in [-0.2, 0) is 28.2 Å². The summed E-state index contributed by atoms with van der Waals surface area (Å²) in [6.07, 6.45) is 41.5. The first-order valence-electron chi connectivity index (χ1n) is 19.7. The molecular formula is C41H71O9P. The second kappa shape index (κ2) is 36.1. The van der Waals surface area contributed by atoms with Crippen molar-refractivity contribution < 1.29 is 43.0 Å². The molecule has 0 radical (unpaired) electrons. The molecule has 0 aromatic heterocycles. The van der Waals surface area contributed by atoms with Crippen molar-refractivity contribution in [2.45, 2.75) is 174 Å². The van der Waals surface area contributed by atoms with Crippen LogP contribution in [-0.4, -0.2) is 52.3 Å². The number of esters is 2. The van der Waals surface area contributed by atoms with E-state index in [1.54, 1.807) is 0 Å². The number of hydrogen-bond acceptors (Lipinski definition) is 7. The molecule has 0 bridgehead atoms. The zero-order valence-electron chi connectivity index (χ0n) is 31.8. The van der Waals surface area contributed by atoms with Gasteiger partial charge in [0.15, 0.2) is 6.10 Å². The molecule has 9 nitrogen and oxygen atoms in total. The molecule has 2 atom stereocenters. The number of unbranched alkanes of at least 4 members (excludes halogenated alkanes) is 12. The van der Waals surface area contributed by atoms with Gasteiger partial charge >= 0.3 is 19.8 Å². The molecule has 0 amide bonds. The average molecular weight is 739 g/mol. The van der Waals surface area contributed by atoms with Gasteiger partial charge in [0, 0.05) is 12.8 Å². The predicted octanol–water partition coefficient (Wildman–Crippen LogP) is 10.7. The van der Waals surface area contributed by atoms with Crippen molar-refractivity contribution >= 4 is 19.8 Å². The number of ether oxygens (including phenoxy) is 2. The van der Waals surface area contributed by atoms with Crippen molar-refractivity contribution in [1.29, 1.82) is 0 Å². The van der Waals surface area contributed by atoms with Crippen LogP contribution in [0, 0.1) is 0 Å². The Morgan fingerprint density at radius 3 is 1.67 bits per heavy atom. The molecule has 0 saturated heterocycles. The molecule has 0 saturated carbocycles. The van der Waals surface area contributed by atoms with E-state index in [2.05, 4.69) is 60.9 Å². The summed E-state index contributed by atoms with van der Waals surface area (Å²) in [7, 11) is -4.78. The maximum absolute atomic E-state index is 12.4.